The maximum atomic E-state index is 11.9. The fraction of sp³-hybridized carbons (Fsp3) is 0.667. The number of aromatic nitrogens is 2. The van der Waals surface area contributed by atoms with E-state index in [2.05, 4.69) is 5.10 Å². The lowest BCUT2D eigenvalue weighted by Gasteiger charge is -2.05. The van der Waals surface area contributed by atoms with Gasteiger partial charge in [-0.15, -0.1) is 11.8 Å². The van der Waals surface area contributed by atoms with E-state index < -0.39 is 15.8 Å². The van der Waals surface area contributed by atoms with Gasteiger partial charge in [0.05, 0.1) is 18.9 Å². The lowest BCUT2D eigenvalue weighted by Crippen LogP contribution is -2.17. The van der Waals surface area contributed by atoms with Gasteiger partial charge in [-0.25, -0.2) is 17.9 Å². The summed E-state index contributed by atoms with van der Waals surface area (Å²) >= 11 is 1.37. The molecular weight excluding hydrogens is 314 g/mol. The Morgan fingerprint density at radius 3 is 2.57 bits per heavy atom. The van der Waals surface area contributed by atoms with Crippen molar-refractivity contribution in [2.45, 2.75) is 32.3 Å². The molecule has 0 fully saturated rings. The molecule has 120 valence electrons. The second-order valence-electron chi connectivity index (χ2n) is 4.18. The van der Waals surface area contributed by atoms with Gasteiger partial charge in [0.15, 0.2) is 9.84 Å². The van der Waals surface area contributed by atoms with Crippen LogP contribution in [0, 0.1) is 0 Å². The molecule has 0 bridgehead atoms. The summed E-state index contributed by atoms with van der Waals surface area (Å²) in [6, 6.07) is 0. The summed E-state index contributed by atoms with van der Waals surface area (Å²) in [7, 11) is -3.12. The summed E-state index contributed by atoms with van der Waals surface area (Å²) < 4.78 is 29.4. The van der Waals surface area contributed by atoms with E-state index in [-0.39, 0.29) is 36.0 Å². The second-order valence-corrected chi connectivity index (χ2v) is 7.90. The molecule has 0 aliphatic carbocycles. The van der Waals surface area contributed by atoms with E-state index in [1.165, 1.54) is 16.4 Å². The topological polar surface area (TPSA) is 104 Å². The number of anilines is 1. The molecule has 0 aliphatic heterocycles. The summed E-state index contributed by atoms with van der Waals surface area (Å²) in [6.45, 7) is 5.59. The number of aryl methyl sites for hydroxylation is 1. The summed E-state index contributed by atoms with van der Waals surface area (Å²) in [6.07, 6.45) is 0. The number of nitrogens with zero attached hydrogens (tertiary/aromatic N) is 2. The Balaban J connectivity index is 3.06. The van der Waals surface area contributed by atoms with Crippen molar-refractivity contribution in [1.82, 2.24) is 9.78 Å². The predicted octanol–water partition coefficient (Wildman–Crippen LogP) is 1.19. The lowest BCUT2D eigenvalue weighted by atomic mass is 10.3. The molecule has 0 saturated carbocycles. The molecule has 1 aromatic rings. The standard InChI is InChI=1S/C12H21N3O4S2/c1-4-19-12(16)9-10(13)15(14-11(9)20-5-2)7-8-21(17,18)6-3/h4-8,13H2,1-3H3. The maximum absolute atomic E-state index is 11.9. The van der Waals surface area contributed by atoms with Gasteiger partial charge in [-0.05, 0) is 12.7 Å². The largest absolute Gasteiger partial charge is 0.462 e. The normalized spacial score (nSPS) is 11.6. The van der Waals surface area contributed by atoms with E-state index in [1.54, 1.807) is 13.8 Å². The van der Waals surface area contributed by atoms with Crippen molar-refractivity contribution in [3.63, 3.8) is 0 Å². The van der Waals surface area contributed by atoms with Gasteiger partial charge < -0.3 is 10.5 Å². The first-order chi connectivity index (χ1) is 9.86. The smallest absolute Gasteiger partial charge is 0.344 e. The number of ether oxygens (including phenoxy) is 1. The van der Waals surface area contributed by atoms with Crippen LogP contribution in [0.4, 0.5) is 5.82 Å². The minimum absolute atomic E-state index is 0.0616. The summed E-state index contributed by atoms with van der Waals surface area (Å²) in [5.41, 5.74) is 6.15. The Morgan fingerprint density at radius 2 is 2.05 bits per heavy atom. The molecule has 0 aliphatic rings. The van der Waals surface area contributed by atoms with E-state index in [4.69, 9.17) is 10.5 Å². The molecule has 0 aromatic carbocycles. The van der Waals surface area contributed by atoms with Crippen LogP contribution in [0.1, 0.15) is 31.1 Å². The average molecular weight is 335 g/mol. The van der Waals surface area contributed by atoms with Crippen LogP contribution in [0.25, 0.3) is 0 Å². The molecule has 0 atom stereocenters. The SMILES string of the molecule is CCOC(=O)c1c(SCC)nn(CCS(=O)(=O)CC)c1N. The number of sulfone groups is 1. The first-order valence-corrected chi connectivity index (χ1v) is 9.53. The summed E-state index contributed by atoms with van der Waals surface area (Å²) in [5, 5.41) is 4.70. The molecule has 1 rings (SSSR count). The molecule has 9 heteroatoms. The fourth-order valence-electron chi connectivity index (χ4n) is 1.63. The molecule has 1 heterocycles. The minimum atomic E-state index is -3.12. The Labute approximate surface area is 129 Å². The van der Waals surface area contributed by atoms with Gasteiger partial charge in [0, 0.05) is 5.75 Å². The van der Waals surface area contributed by atoms with Crippen LogP contribution in [0.5, 0.6) is 0 Å². The van der Waals surface area contributed by atoms with Gasteiger partial charge >= 0.3 is 5.97 Å². The van der Waals surface area contributed by atoms with Crippen LogP contribution in [0.3, 0.4) is 0 Å². The van der Waals surface area contributed by atoms with Crippen molar-refractivity contribution in [2.75, 3.05) is 29.6 Å². The van der Waals surface area contributed by atoms with Gasteiger partial charge in [-0.1, -0.05) is 13.8 Å². The Morgan fingerprint density at radius 1 is 1.38 bits per heavy atom. The van der Waals surface area contributed by atoms with E-state index >= 15 is 0 Å². The van der Waals surface area contributed by atoms with E-state index in [0.717, 1.165) is 5.75 Å². The molecule has 1 aromatic heterocycles. The average Bonchev–Trinajstić information content (AvgIpc) is 2.74. The van der Waals surface area contributed by atoms with Crippen molar-refractivity contribution in [3.05, 3.63) is 5.56 Å². The van der Waals surface area contributed by atoms with Crippen LogP contribution in [0.2, 0.25) is 0 Å². The van der Waals surface area contributed by atoms with E-state index in [9.17, 15) is 13.2 Å². The third kappa shape index (κ3) is 4.63. The Hall–Kier alpha value is -1.22. The number of thioether (sulfide) groups is 1. The zero-order valence-corrected chi connectivity index (χ0v) is 14.1. The first kappa shape index (κ1) is 17.8. The second kappa shape index (κ2) is 7.69. The monoisotopic (exact) mass is 335 g/mol. The zero-order chi connectivity index (χ0) is 16.0. The highest BCUT2D eigenvalue weighted by molar-refractivity contribution is 7.99. The van der Waals surface area contributed by atoms with Gasteiger partial charge in [0.2, 0.25) is 0 Å². The zero-order valence-electron chi connectivity index (χ0n) is 12.5. The lowest BCUT2D eigenvalue weighted by molar-refractivity contribution is 0.0523. The third-order valence-corrected chi connectivity index (χ3v) is 5.31. The van der Waals surface area contributed by atoms with Crippen molar-refractivity contribution in [3.8, 4) is 0 Å². The van der Waals surface area contributed by atoms with Crippen LogP contribution in [0.15, 0.2) is 5.03 Å². The molecule has 21 heavy (non-hydrogen) atoms. The number of rotatable bonds is 8. The quantitative estimate of drug-likeness (QED) is 0.562. The number of esters is 1. The molecule has 0 spiro atoms. The minimum Gasteiger partial charge on any atom is -0.462 e. The van der Waals surface area contributed by atoms with E-state index in [1.807, 2.05) is 6.92 Å². The fourth-order valence-corrected chi connectivity index (χ4v) is 3.13. The number of carbonyl (C=O) groups excluding carboxylic acids is 1. The highest BCUT2D eigenvalue weighted by atomic mass is 32.2. The van der Waals surface area contributed by atoms with Crippen molar-refractivity contribution in [2.24, 2.45) is 0 Å². The third-order valence-electron chi connectivity index (χ3n) is 2.77. The molecule has 0 saturated heterocycles. The molecule has 2 N–H and O–H groups in total. The number of hydrogen-bond donors (Lipinski definition) is 1. The predicted molar refractivity (Wildman–Crippen MR) is 83.3 cm³/mol. The van der Waals surface area contributed by atoms with E-state index in [0.29, 0.717) is 5.03 Å². The summed E-state index contributed by atoms with van der Waals surface area (Å²) in [4.78, 5) is 11.9. The van der Waals surface area contributed by atoms with Gasteiger partial charge in [-0.3, -0.25) is 0 Å². The van der Waals surface area contributed by atoms with Crippen molar-refractivity contribution < 1.29 is 17.9 Å². The van der Waals surface area contributed by atoms with Gasteiger partial charge in [-0.2, -0.15) is 5.10 Å². The molecular formula is C12H21N3O4S2. The van der Waals surface area contributed by atoms with Crippen LogP contribution in [-0.2, 0) is 21.1 Å². The number of carbonyl (C=O) groups is 1. The summed E-state index contributed by atoms with van der Waals surface area (Å²) in [5.74, 6) is 0.339. The molecule has 0 amide bonds. The highest BCUT2D eigenvalue weighted by Gasteiger charge is 2.24. The van der Waals surface area contributed by atoms with Crippen molar-refractivity contribution in [1.29, 1.82) is 0 Å². The number of hydrogen-bond acceptors (Lipinski definition) is 7. The first-order valence-electron chi connectivity index (χ1n) is 6.72. The van der Waals surface area contributed by atoms with Gasteiger partial charge in [0.25, 0.3) is 0 Å². The van der Waals surface area contributed by atoms with Gasteiger partial charge in [0.1, 0.15) is 16.4 Å². The molecule has 7 nitrogen and oxygen atoms in total. The van der Waals surface area contributed by atoms with Crippen molar-refractivity contribution >= 4 is 33.4 Å². The number of nitrogens with two attached hydrogens (primary N) is 1. The molecule has 0 radical (unpaired) electrons. The van der Waals surface area contributed by atoms with Crippen LogP contribution >= 0.6 is 11.8 Å². The molecule has 0 unspecified atom stereocenters. The Bertz CT molecular complexity index is 596. The van der Waals surface area contributed by atoms with Crippen LogP contribution < -0.4 is 5.73 Å². The maximum Gasteiger partial charge on any atom is 0.344 e. The highest BCUT2D eigenvalue weighted by Crippen LogP contribution is 2.27. The Kier molecular flexibility index (Phi) is 6.53. The van der Waals surface area contributed by atoms with Crippen LogP contribution in [-0.4, -0.2) is 48.0 Å². The number of nitrogen functional groups attached to an aromatic ring is 1.